The molecule has 0 aliphatic heterocycles. The minimum atomic E-state index is 0.0176. The maximum atomic E-state index is 12.6. The lowest BCUT2D eigenvalue weighted by molar-refractivity contribution is 0.103. The summed E-state index contributed by atoms with van der Waals surface area (Å²) in [6.07, 6.45) is 0. The highest BCUT2D eigenvalue weighted by Gasteiger charge is 2.10. The van der Waals surface area contributed by atoms with E-state index < -0.39 is 0 Å². The summed E-state index contributed by atoms with van der Waals surface area (Å²) < 4.78 is 0. The van der Waals surface area contributed by atoms with E-state index in [0.717, 1.165) is 36.0 Å². The standard InChI is InChI=1S/C17H20N2OS2/c20-17(13-3-1-5-15(11-13)18-7-9-21)14-4-2-6-16(12-14)19-8-10-22/h1-6,11-12,18-19,21-22H,7-10H2. The molecule has 0 unspecified atom stereocenters. The van der Waals surface area contributed by atoms with Gasteiger partial charge in [0.25, 0.3) is 0 Å². The van der Waals surface area contributed by atoms with Gasteiger partial charge in [-0.05, 0) is 24.3 Å². The smallest absolute Gasteiger partial charge is 0.193 e. The maximum absolute atomic E-state index is 12.6. The lowest BCUT2D eigenvalue weighted by Gasteiger charge is -2.09. The lowest BCUT2D eigenvalue weighted by Crippen LogP contribution is -2.07. The van der Waals surface area contributed by atoms with Gasteiger partial charge in [-0.3, -0.25) is 4.79 Å². The van der Waals surface area contributed by atoms with Crippen LogP contribution in [0, 0.1) is 0 Å². The van der Waals surface area contributed by atoms with Gasteiger partial charge in [0.1, 0.15) is 0 Å². The molecule has 0 aliphatic rings. The molecule has 0 bridgehead atoms. The van der Waals surface area contributed by atoms with E-state index in [2.05, 4.69) is 35.9 Å². The zero-order valence-electron chi connectivity index (χ0n) is 12.2. The van der Waals surface area contributed by atoms with Crippen LogP contribution < -0.4 is 10.6 Å². The van der Waals surface area contributed by atoms with E-state index in [1.165, 1.54) is 0 Å². The van der Waals surface area contributed by atoms with Gasteiger partial charge in [0.05, 0.1) is 0 Å². The number of benzene rings is 2. The monoisotopic (exact) mass is 332 g/mol. The average Bonchev–Trinajstić information content (AvgIpc) is 2.58. The van der Waals surface area contributed by atoms with Gasteiger partial charge < -0.3 is 10.6 Å². The van der Waals surface area contributed by atoms with Crippen molar-refractivity contribution in [3.63, 3.8) is 0 Å². The topological polar surface area (TPSA) is 41.1 Å². The molecule has 0 aliphatic carbocycles. The first-order chi connectivity index (χ1) is 10.7. The fraction of sp³-hybridized carbons (Fsp3) is 0.235. The van der Waals surface area contributed by atoms with Gasteiger partial charge in [0.15, 0.2) is 5.78 Å². The van der Waals surface area contributed by atoms with E-state index in [0.29, 0.717) is 11.1 Å². The molecule has 2 N–H and O–H groups in total. The average molecular weight is 332 g/mol. The van der Waals surface area contributed by atoms with Crippen LogP contribution in [0.5, 0.6) is 0 Å². The molecule has 22 heavy (non-hydrogen) atoms. The first-order valence-corrected chi connectivity index (χ1v) is 8.45. The van der Waals surface area contributed by atoms with Crippen molar-refractivity contribution in [3.05, 3.63) is 59.7 Å². The minimum Gasteiger partial charge on any atom is -0.384 e. The normalized spacial score (nSPS) is 10.3. The van der Waals surface area contributed by atoms with Crippen LogP contribution in [0.4, 0.5) is 11.4 Å². The van der Waals surface area contributed by atoms with Crippen molar-refractivity contribution in [2.45, 2.75) is 0 Å². The lowest BCUT2D eigenvalue weighted by atomic mass is 10.0. The number of ketones is 1. The number of thiol groups is 2. The van der Waals surface area contributed by atoms with Crippen LogP contribution in [0.3, 0.4) is 0 Å². The molecular formula is C17H20N2OS2. The third kappa shape index (κ3) is 4.71. The van der Waals surface area contributed by atoms with Crippen LogP contribution in [-0.4, -0.2) is 30.4 Å². The van der Waals surface area contributed by atoms with Gasteiger partial charge in [0.2, 0.25) is 0 Å². The van der Waals surface area contributed by atoms with Gasteiger partial charge in [-0.15, -0.1) is 0 Å². The van der Waals surface area contributed by atoms with Crippen LogP contribution in [0.15, 0.2) is 48.5 Å². The summed E-state index contributed by atoms with van der Waals surface area (Å²) in [5, 5.41) is 6.46. The fourth-order valence-corrected chi connectivity index (χ4v) is 2.33. The van der Waals surface area contributed by atoms with Crippen molar-refractivity contribution in [1.82, 2.24) is 0 Å². The Hall–Kier alpha value is -1.59. The Morgan fingerprint density at radius 2 is 1.27 bits per heavy atom. The number of rotatable bonds is 8. The molecule has 0 saturated heterocycles. The molecule has 0 atom stereocenters. The van der Waals surface area contributed by atoms with Crippen molar-refractivity contribution in [3.8, 4) is 0 Å². The van der Waals surface area contributed by atoms with Crippen LogP contribution >= 0.6 is 25.3 Å². The van der Waals surface area contributed by atoms with Crippen LogP contribution in [0.2, 0.25) is 0 Å². The van der Waals surface area contributed by atoms with Gasteiger partial charge in [-0.25, -0.2) is 0 Å². The molecular weight excluding hydrogens is 312 g/mol. The number of carbonyl (C=O) groups excluding carboxylic acids is 1. The second-order valence-corrected chi connectivity index (χ2v) is 5.69. The highest BCUT2D eigenvalue weighted by Crippen LogP contribution is 2.17. The molecule has 5 heteroatoms. The largest absolute Gasteiger partial charge is 0.384 e. The third-order valence-electron chi connectivity index (χ3n) is 3.13. The summed E-state index contributed by atoms with van der Waals surface area (Å²) in [5.74, 6) is 1.51. The Balaban J connectivity index is 2.17. The summed E-state index contributed by atoms with van der Waals surface area (Å²) in [5.41, 5.74) is 3.22. The molecule has 0 aromatic heterocycles. The van der Waals surface area contributed by atoms with Gasteiger partial charge in [-0.1, -0.05) is 24.3 Å². The molecule has 2 rings (SSSR count). The van der Waals surface area contributed by atoms with Crippen molar-refractivity contribution < 1.29 is 4.79 Å². The van der Waals surface area contributed by atoms with Crippen molar-refractivity contribution in [2.75, 3.05) is 35.2 Å². The van der Waals surface area contributed by atoms with Crippen LogP contribution in [-0.2, 0) is 0 Å². The molecule has 3 nitrogen and oxygen atoms in total. The Morgan fingerprint density at radius 3 is 1.68 bits per heavy atom. The van der Waals surface area contributed by atoms with Gasteiger partial charge >= 0.3 is 0 Å². The third-order valence-corrected chi connectivity index (χ3v) is 3.58. The number of nitrogens with one attached hydrogen (secondary N) is 2. The SMILES string of the molecule is O=C(c1cccc(NCCS)c1)c1cccc(NCCS)c1. The second kappa shape index (κ2) is 8.76. The molecule has 0 spiro atoms. The summed E-state index contributed by atoms with van der Waals surface area (Å²) in [6, 6.07) is 15.1. The zero-order chi connectivity index (χ0) is 15.8. The molecule has 2 aromatic rings. The van der Waals surface area contributed by atoms with Crippen molar-refractivity contribution in [1.29, 1.82) is 0 Å². The Kier molecular flexibility index (Phi) is 6.68. The van der Waals surface area contributed by atoms with Gasteiger partial charge in [0, 0.05) is 47.1 Å². The van der Waals surface area contributed by atoms with E-state index in [-0.39, 0.29) is 5.78 Å². The highest BCUT2D eigenvalue weighted by molar-refractivity contribution is 7.80. The first kappa shape index (κ1) is 16.8. The summed E-state index contributed by atoms with van der Waals surface area (Å²) in [6.45, 7) is 1.54. The fourth-order valence-electron chi connectivity index (χ4n) is 2.11. The molecule has 0 amide bonds. The molecule has 0 radical (unpaired) electrons. The summed E-state index contributed by atoms with van der Waals surface area (Å²) in [7, 11) is 0. The quantitative estimate of drug-likeness (QED) is 0.441. The second-order valence-electron chi connectivity index (χ2n) is 4.79. The highest BCUT2D eigenvalue weighted by atomic mass is 32.1. The Bertz CT molecular complexity index is 578. The Labute approximate surface area is 142 Å². The van der Waals surface area contributed by atoms with Crippen LogP contribution in [0.1, 0.15) is 15.9 Å². The summed E-state index contributed by atoms with van der Waals surface area (Å²) >= 11 is 8.34. The van der Waals surface area contributed by atoms with Crippen LogP contribution in [0.25, 0.3) is 0 Å². The number of hydrogen-bond acceptors (Lipinski definition) is 5. The van der Waals surface area contributed by atoms with E-state index in [1.807, 2.05) is 48.5 Å². The molecule has 0 heterocycles. The minimum absolute atomic E-state index is 0.0176. The van der Waals surface area contributed by atoms with E-state index in [9.17, 15) is 4.79 Å². The summed E-state index contributed by atoms with van der Waals surface area (Å²) in [4.78, 5) is 12.6. The first-order valence-electron chi connectivity index (χ1n) is 7.19. The Morgan fingerprint density at radius 1 is 0.818 bits per heavy atom. The molecule has 116 valence electrons. The molecule has 0 fully saturated rings. The predicted octanol–water partition coefficient (Wildman–Crippen LogP) is 3.60. The number of anilines is 2. The van der Waals surface area contributed by atoms with Gasteiger partial charge in [-0.2, -0.15) is 25.3 Å². The number of hydrogen-bond donors (Lipinski definition) is 4. The van der Waals surface area contributed by atoms with E-state index in [1.54, 1.807) is 0 Å². The van der Waals surface area contributed by atoms with Crippen molar-refractivity contribution >= 4 is 42.4 Å². The molecule has 0 saturated carbocycles. The maximum Gasteiger partial charge on any atom is 0.193 e. The predicted molar refractivity (Wildman–Crippen MR) is 101 cm³/mol. The van der Waals surface area contributed by atoms with E-state index in [4.69, 9.17) is 0 Å². The zero-order valence-corrected chi connectivity index (χ0v) is 14.0. The van der Waals surface area contributed by atoms with Crippen molar-refractivity contribution in [2.24, 2.45) is 0 Å². The number of carbonyl (C=O) groups is 1. The van der Waals surface area contributed by atoms with E-state index >= 15 is 0 Å². The molecule has 2 aromatic carbocycles.